The molecule has 5 nitrogen and oxygen atoms in total. The zero-order valence-electron chi connectivity index (χ0n) is 18.6. The first-order valence-corrected chi connectivity index (χ1v) is 12.6. The number of nitrogens with zero attached hydrogens (tertiary/aromatic N) is 1. The van der Waals surface area contributed by atoms with Crippen molar-refractivity contribution in [1.29, 1.82) is 0 Å². The number of cyclic esters (lactones) is 1. The van der Waals surface area contributed by atoms with Crippen LogP contribution < -0.4 is 4.74 Å². The van der Waals surface area contributed by atoms with Gasteiger partial charge in [-0.1, -0.05) is 57.4 Å². The summed E-state index contributed by atoms with van der Waals surface area (Å²) < 4.78 is 12.8. The Labute approximate surface area is 218 Å². The van der Waals surface area contributed by atoms with Gasteiger partial charge < -0.3 is 9.47 Å². The third-order valence-corrected chi connectivity index (χ3v) is 7.46. The smallest absolute Gasteiger partial charge is 0.363 e. The third-order valence-electron chi connectivity index (χ3n) is 5.32. The molecule has 0 bridgehead atoms. The van der Waals surface area contributed by atoms with Gasteiger partial charge in [-0.25, -0.2) is 14.6 Å². The highest BCUT2D eigenvalue weighted by atomic mass is 79.9. The van der Waals surface area contributed by atoms with Crippen LogP contribution in [0.3, 0.4) is 0 Å². The van der Waals surface area contributed by atoms with Gasteiger partial charge in [0.25, 0.3) is 0 Å². The molecule has 5 rings (SSSR count). The van der Waals surface area contributed by atoms with Crippen molar-refractivity contribution in [2.75, 3.05) is 0 Å². The molecule has 1 aliphatic heterocycles. The maximum atomic E-state index is 12.7. The fourth-order valence-electron chi connectivity index (χ4n) is 3.62. The second-order valence-corrected chi connectivity index (χ2v) is 10.4. The number of carbonyl (C=O) groups is 2. The Balaban J connectivity index is 1.50. The Morgan fingerprint density at radius 3 is 2.69 bits per heavy atom. The fourth-order valence-corrected chi connectivity index (χ4v) is 5.53. The van der Waals surface area contributed by atoms with Crippen LogP contribution in [0.4, 0.5) is 0 Å². The SMILES string of the molecule is Cc1cccc(C(=O)Oc2ccc(Br)cc2/C=C2/N=C(c3sc4cc(C)ccc4c3Cl)OC2=O)c1. The van der Waals surface area contributed by atoms with E-state index < -0.39 is 11.9 Å². The van der Waals surface area contributed by atoms with Crippen LogP contribution in [0.5, 0.6) is 5.75 Å². The summed E-state index contributed by atoms with van der Waals surface area (Å²) in [6.45, 7) is 3.90. The molecule has 2 heterocycles. The molecule has 0 aliphatic carbocycles. The molecule has 0 saturated heterocycles. The summed E-state index contributed by atoms with van der Waals surface area (Å²) in [6.07, 6.45) is 1.53. The van der Waals surface area contributed by atoms with E-state index in [4.69, 9.17) is 21.1 Å². The standard InChI is InChI=1S/C27H17BrClNO4S/c1-14-4-3-5-16(10-14)26(31)33-21-9-7-18(28)12-17(21)13-20-27(32)34-25(30-20)24-23(29)19-8-6-15(2)11-22(19)35-24/h3-13H,1-2H3/b20-13+. The zero-order valence-corrected chi connectivity index (χ0v) is 21.8. The van der Waals surface area contributed by atoms with E-state index in [1.54, 1.807) is 36.4 Å². The van der Waals surface area contributed by atoms with E-state index in [-0.39, 0.29) is 11.6 Å². The average molecular weight is 567 g/mol. The number of hydrogen-bond donors (Lipinski definition) is 0. The lowest BCUT2D eigenvalue weighted by Gasteiger charge is -2.09. The molecule has 0 fully saturated rings. The summed E-state index contributed by atoms with van der Waals surface area (Å²) >= 11 is 11.4. The first-order chi connectivity index (χ1) is 16.8. The molecule has 0 amide bonds. The fraction of sp³-hybridized carbons (Fsp3) is 0.0741. The zero-order chi connectivity index (χ0) is 24.7. The van der Waals surface area contributed by atoms with E-state index in [1.165, 1.54) is 17.4 Å². The van der Waals surface area contributed by atoms with Crippen LogP contribution in [0.1, 0.15) is 31.9 Å². The number of esters is 2. The molecule has 0 saturated carbocycles. The summed E-state index contributed by atoms with van der Waals surface area (Å²) in [5.41, 5.74) is 3.06. The lowest BCUT2D eigenvalue weighted by molar-refractivity contribution is -0.129. The van der Waals surface area contributed by atoms with Crippen LogP contribution in [0.15, 0.2) is 75.8 Å². The van der Waals surface area contributed by atoms with Gasteiger partial charge in [-0.2, -0.15) is 0 Å². The molecular weight excluding hydrogens is 550 g/mol. The summed E-state index contributed by atoms with van der Waals surface area (Å²) in [7, 11) is 0. The molecule has 35 heavy (non-hydrogen) atoms. The molecule has 0 radical (unpaired) electrons. The van der Waals surface area contributed by atoms with Gasteiger partial charge in [0.1, 0.15) is 10.6 Å². The van der Waals surface area contributed by atoms with Gasteiger partial charge in [0, 0.05) is 20.1 Å². The van der Waals surface area contributed by atoms with Crippen molar-refractivity contribution < 1.29 is 19.1 Å². The van der Waals surface area contributed by atoms with E-state index >= 15 is 0 Å². The topological polar surface area (TPSA) is 65.0 Å². The van der Waals surface area contributed by atoms with Crippen molar-refractivity contribution in [3.63, 3.8) is 0 Å². The summed E-state index contributed by atoms with van der Waals surface area (Å²) in [6, 6.07) is 18.2. The Hall–Kier alpha value is -3.26. The normalized spacial score (nSPS) is 14.3. The number of carbonyl (C=O) groups excluding carboxylic acids is 2. The van der Waals surface area contributed by atoms with Gasteiger partial charge in [-0.05, 0) is 61.9 Å². The molecule has 0 spiro atoms. The lowest BCUT2D eigenvalue weighted by atomic mass is 10.1. The molecule has 174 valence electrons. The van der Waals surface area contributed by atoms with E-state index in [0.717, 1.165) is 25.7 Å². The number of benzene rings is 3. The number of halogens is 2. The van der Waals surface area contributed by atoms with Gasteiger partial charge in [-0.15, -0.1) is 11.3 Å². The number of rotatable bonds is 4. The summed E-state index contributed by atoms with van der Waals surface area (Å²) in [4.78, 5) is 30.4. The molecular formula is C27H17BrClNO4S. The van der Waals surface area contributed by atoms with Gasteiger partial charge >= 0.3 is 11.9 Å². The van der Waals surface area contributed by atoms with Crippen molar-refractivity contribution in [3.8, 4) is 5.75 Å². The Morgan fingerprint density at radius 1 is 1.09 bits per heavy atom. The number of ether oxygens (including phenoxy) is 2. The van der Waals surface area contributed by atoms with Crippen LogP contribution in [0, 0.1) is 13.8 Å². The Morgan fingerprint density at radius 2 is 1.89 bits per heavy atom. The second kappa shape index (κ2) is 9.41. The quantitative estimate of drug-likeness (QED) is 0.146. The average Bonchev–Trinajstić information content (AvgIpc) is 3.34. The Bertz CT molecular complexity index is 1590. The second-order valence-electron chi connectivity index (χ2n) is 8.02. The number of hydrogen-bond acceptors (Lipinski definition) is 6. The van der Waals surface area contributed by atoms with Gasteiger partial charge in [0.05, 0.1) is 10.6 Å². The number of aryl methyl sites for hydroxylation is 2. The minimum absolute atomic E-state index is 0.0793. The van der Waals surface area contributed by atoms with Gasteiger partial charge in [-0.3, -0.25) is 0 Å². The van der Waals surface area contributed by atoms with E-state index in [0.29, 0.717) is 26.8 Å². The Kier molecular flexibility index (Phi) is 6.32. The molecule has 1 aliphatic rings. The van der Waals surface area contributed by atoms with Crippen LogP contribution in [-0.4, -0.2) is 17.8 Å². The number of fused-ring (bicyclic) bond motifs is 1. The van der Waals surface area contributed by atoms with Crippen LogP contribution in [0.2, 0.25) is 5.02 Å². The van der Waals surface area contributed by atoms with Crippen molar-refractivity contribution in [2.45, 2.75) is 13.8 Å². The molecule has 0 atom stereocenters. The monoisotopic (exact) mass is 565 g/mol. The molecule has 3 aromatic carbocycles. The van der Waals surface area contributed by atoms with E-state index in [2.05, 4.69) is 20.9 Å². The van der Waals surface area contributed by atoms with Gasteiger partial charge in [0.2, 0.25) is 5.90 Å². The van der Waals surface area contributed by atoms with Crippen molar-refractivity contribution in [1.82, 2.24) is 0 Å². The largest absolute Gasteiger partial charge is 0.422 e. The van der Waals surface area contributed by atoms with Crippen molar-refractivity contribution in [3.05, 3.63) is 103 Å². The highest BCUT2D eigenvalue weighted by molar-refractivity contribution is 9.10. The first kappa shape index (κ1) is 23.5. The number of thiophene rings is 1. The molecule has 4 aromatic rings. The van der Waals surface area contributed by atoms with Gasteiger partial charge in [0.15, 0.2) is 5.70 Å². The van der Waals surface area contributed by atoms with Crippen LogP contribution in [-0.2, 0) is 9.53 Å². The van der Waals surface area contributed by atoms with Crippen LogP contribution in [0.25, 0.3) is 16.2 Å². The molecule has 1 aromatic heterocycles. The predicted octanol–water partition coefficient (Wildman–Crippen LogP) is 7.50. The maximum Gasteiger partial charge on any atom is 0.363 e. The first-order valence-electron chi connectivity index (χ1n) is 10.6. The van der Waals surface area contributed by atoms with Crippen molar-refractivity contribution in [2.24, 2.45) is 4.99 Å². The summed E-state index contributed by atoms with van der Waals surface area (Å²) in [5.74, 6) is -0.667. The van der Waals surface area contributed by atoms with Crippen molar-refractivity contribution >= 4 is 72.9 Å². The highest BCUT2D eigenvalue weighted by Gasteiger charge is 2.28. The number of aliphatic imine (C=N–C) groups is 1. The molecule has 0 N–H and O–H groups in total. The minimum atomic E-state index is -0.611. The highest BCUT2D eigenvalue weighted by Crippen LogP contribution is 2.38. The predicted molar refractivity (Wildman–Crippen MR) is 142 cm³/mol. The lowest BCUT2D eigenvalue weighted by Crippen LogP contribution is -2.09. The minimum Gasteiger partial charge on any atom is -0.422 e. The third kappa shape index (κ3) is 4.80. The maximum absolute atomic E-state index is 12.7. The molecule has 0 unspecified atom stereocenters. The summed E-state index contributed by atoms with van der Waals surface area (Å²) in [5, 5.41) is 1.37. The van der Waals surface area contributed by atoms with E-state index in [1.807, 2.05) is 38.1 Å². The van der Waals surface area contributed by atoms with E-state index in [9.17, 15) is 9.59 Å². The molecule has 8 heteroatoms. The van der Waals surface area contributed by atoms with Crippen LogP contribution >= 0.6 is 38.9 Å².